The summed E-state index contributed by atoms with van der Waals surface area (Å²) < 4.78 is 27.2. The molecule has 1 aromatic carbocycles. The number of methoxy groups -OCH3 is 2. The Balaban J connectivity index is 1.52. The predicted octanol–water partition coefficient (Wildman–Crippen LogP) is 3.17. The molecule has 2 aromatic rings. The van der Waals surface area contributed by atoms with Crippen LogP contribution in [0, 0.1) is 5.82 Å². The van der Waals surface area contributed by atoms with Gasteiger partial charge in [0.05, 0.1) is 17.9 Å². The highest BCUT2D eigenvalue weighted by Gasteiger charge is 2.51. The molecule has 1 aliphatic heterocycles. The van der Waals surface area contributed by atoms with Crippen molar-refractivity contribution in [1.82, 2.24) is 14.7 Å². The van der Waals surface area contributed by atoms with E-state index in [1.807, 2.05) is 25.6 Å². The first-order valence-corrected chi connectivity index (χ1v) is 9.25. The first-order valence-electron chi connectivity index (χ1n) is 9.25. The number of hydrogen-bond acceptors (Lipinski definition) is 4. The SMILES string of the molecule is CO[C@@H]1CC[C@@]2(OC)CCN(Cc3cnn(-c4ccccc4F)c3)[C@H]2C1. The normalized spacial score (nSPS) is 29.0. The molecule has 1 aromatic heterocycles. The second-order valence-corrected chi connectivity index (χ2v) is 7.38. The lowest BCUT2D eigenvalue weighted by Crippen LogP contribution is -2.51. The van der Waals surface area contributed by atoms with Crippen molar-refractivity contribution in [2.75, 3.05) is 20.8 Å². The number of aromatic nitrogens is 2. The van der Waals surface area contributed by atoms with Gasteiger partial charge in [-0.15, -0.1) is 0 Å². The van der Waals surface area contributed by atoms with Crippen LogP contribution in [-0.4, -0.2) is 53.2 Å². The molecule has 4 rings (SSSR count). The Morgan fingerprint density at radius 3 is 2.88 bits per heavy atom. The molecule has 26 heavy (non-hydrogen) atoms. The molecule has 3 atom stereocenters. The molecule has 0 N–H and O–H groups in total. The third kappa shape index (κ3) is 3.06. The lowest BCUT2D eigenvalue weighted by Gasteiger charge is -2.43. The van der Waals surface area contributed by atoms with E-state index in [0.29, 0.717) is 17.8 Å². The molecule has 2 fully saturated rings. The minimum atomic E-state index is -0.267. The van der Waals surface area contributed by atoms with Gasteiger partial charge in [0.2, 0.25) is 0 Å². The van der Waals surface area contributed by atoms with Crippen molar-refractivity contribution in [1.29, 1.82) is 0 Å². The van der Waals surface area contributed by atoms with Gasteiger partial charge in [0, 0.05) is 45.1 Å². The molecule has 0 radical (unpaired) electrons. The van der Waals surface area contributed by atoms with Crippen molar-refractivity contribution < 1.29 is 13.9 Å². The smallest absolute Gasteiger partial charge is 0.148 e. The zero-order valence-electron chi connectivity index (χ0n) is 15.4. The van der Waals surface area contributed by atoms with E-state index < -0.39 is 0 Å². The Kier molecular flexibility index (Phi) is 4.82. The van der Waals surface area contributed by atoms with Gasteiger partial charge in [0.15, 0.2) is 0 Å². The second kappa shape index (κ2) is 7.10. The number of para-hydroxylation sites is 1. The largest absolute Gasteiger partial charge is 0.381 e. The highest BCUT2D eigenvalue weighted by Crippen LogP contribution is 2.43. The average molecular weight is 359 g/mol. The molecule has 1 aliphatic carbocycles. The zero-order chi connectivity index (χ0) is 18.1. The number of rotatable bonds is 5. The minimum absolute atomic E-state index is 0.0590. The molecule has 0 unspecified atom stereocenters. The first kappa shape index (κ1) is 17.6. The molecule has 2 aliphatic rings. The number of nitrogens with zero attached hydrogens (tertiary/aromatic N) is 3. The van der Waals surface area contributed by atoms with Gasteiger partial charge >= 0.3 is 0 Å². The predicted molar refractivity (Wildman–Crippen MR) is 96.7 cm³/mol. The second-order valence-electron chi connectivity index (χ2n) is 7.38. The van der Waals surface area contributed by atoms with Crippen molar-refractivity contribution in [3.8, 4) is 5.69 Å². The van der Waals surface area contributed by atoms with Crippen LogP contribution >= 0.6 is 0 Å². The molecule has 6 heteroatoms. The third-order valence-electron chi connectivity index (χ3n) is 6.11. The summed E-state index contributed by atoms with van der Waals surface area (Å²) in [5, 5.41) is 4.36. The zero-order valence-corrected chi connectivity index (χ0v) is 15.4. The fourth-order valence-electron chi connectivity index (χ4n) is 4.60. The Morgan fingerprint density at radius 1 is 1.27 bits per heavy atom. The number of halogens is 1. The van der Waals surface area contributed by atoms with Gasteiger partial charge in [-0.05, 0) is 37.8 Å². The topological polar surface area (TPSA) is 39.5 Å². The monoisotopic (exact) mass is 359 g/mol. The molecule has 0 amide bonds. The standard InChI is InChI=1S/C20H26FN3O2/c1-25-16-7-8-20(26-2)9-10-23(19(20)11-16)13-15-12-22-24(14-15)18-6-4-3-5-17(18)21/h3-6,12,14,16,19H,7-11,13H2,1-2H3/t16-,19+,20-/m1/s1. The maximum Gasteiger partial charge on any atom is 0.148 e. The minimum Gasteiger partial charge on any atom is -0.381 e. The molecule has 0 spiro atoms. The molecule has 1 saturated carbocycles. The number of fused-ring (bicyclic) bond motifs is 1. The van der Waals surface area contributed by atoms with E-state index >= 15 is 0 Å². The van der Waals surface area contributed by atoms with Gasteiger partial charge in [0.1, 0.15) is 11.5 Å². The Hall–Kier alpha value is -1.76. The molecule has 1 saturated heterocycles. The highest BCUT2D eigenvalue weighted by molar-refractivity contribution is 5.33. The number of benzene rings is 1. The van der Waals surface area contributed by atoms with Crippen LogP contribution in [0.3, 0.4) is 0 Å². The van der Waals surface area contributed by atoms with Gasteiger partial charge in [-0.25, -0.2) is 9.07 Å². The Morgan fingerprint density at radius 2 is 2.12 bits per heavy atom. The van der Waals surface area contributed by atoms with Crippen molar-refractivity contribution in [2.45, 2.75) is 50.0 Å². The van der Waals surface area contributed by atoms with Crippen molar-refractivity contribution in [3.05, 3.63) is 48.0 Å². The number of ether oxygens (including phenoxy) is 2. The maximum atomic E-state index is 14.0. The van der Waals surface area contributed by atoms with Gasteiger partial charge in [-0.3, -0.25) is 4.90 Å². The fraction of sp³-hybridized carbons (Fsp3) is 0.550. The molecule has 140 valence electrons. The third-order valence-corrected chi connectivity index (χ3v) is 6.11. The first-order chi connectivity index (χ1) is 12.6. The summed E-state index contributed by atoms with van der Waals surface area (Å²) in [5.41, 5.74) is 1.50. The van der Waals surface area contributed by atoms with Crippen molar-refractivity contribution in [2.24, 2.45) is 0 Å². The van der Waals surface area contributed by atoms with Crippen LogP contribution in [0.4, 0.5) is 4.39 Å². The Bertz CT molecular complexity index is 765. The van der Waals surface area contributed by atoms with Gasteiger partial charge in [0.25, 0.3) is 0 Å². The van der Waals surface area contributed by atoms with Crippen LogP contribution in [0.15, 0.2) is 36.7 Å². The summed E-state index contributed by atoms with van der Waals surface area (Å²) in [6, 6.07) is 7.05. The lowest BCUT2D eigenvalue weighted by molar-refractivity contribution is -0.0947. The number of likely N-dealkylation sites (tertiary alicyclic amines) is 1. The van der Waals surface area contributed by atoms with Gasteiger partial charge < -0.3 is 9.47 Å². The lowest BCUT2D eigenvalue weighted by atomic mass is 9.79. The van der Waals surface area contributed by atoms with E-state index in [1.165, 1.54) is 6.07 Å². The molecule has 2 heterocycles. The molecule has 0 bridgehead atoms. The van der Waals surface area contributed by atoms with Gasteiger partial charge in [-0.2, -0.15) is 5.10 Å². The van der Waals surface area contributed by atoms with Crippen molar-refractivity contribution in [3.63, 3.8) is 0 Å². The van der Waals surface area contributed by atoms with Crippen LogP contribution in [0.1, 0.15) is 31.2 Å². The summed E-state index contributed by atoms with van der Waals surface area (Å²) in [6.07, 6.45) is 8.18. The fourth-order valence-corrected chi connectivity index (χ4v) is 4.60. The molecular formula is C20H26FN3O2. The van der Waals surface area contributed by atoms with Crippen LogP contribution in [0.5, 0.6) is 0 Å². The summed E-state index contributed by atoms with van der Waals surface area (Å²) in [7, 11) is 3.63. The summed E-state index contributed by atoms with van der Waals surface area (Å²) >= 11 is 0. The van der Waals surface area contributed by atoms with E-state index in [4.69, 9.17) is 9.47 Å². The maximum absolute atomic E-state index is 14.0. The summed E-state index contributed by atoms with van der Waals surface area (Å²) in [5.74, 6) is -0.267. The molecule has 5 nitrogen and oxygen atoms in total. The van der Waals surface area contributed by atoms with E-state index in [1.54, 1.807) is 23.9 Å². The van der Waals surface area contributed by atoms with E-state index in [0.717, 1.165) is 44.3 Å². The summed E-state index contributed by atoms with van der Waals surface area (Å²) in [4.78, 5) is 2.47. The Labute approximate surface area is 153 Å². The highest BCUT2D eigenvalue weighted by atomic mass is 19.1. The van der Waals surface area contributed by atoms with Crippen LogP contribution in [0.2, 0.25) is 0 Å². The van der Waals surface area contributed by atoms with E-state index in [9.17, 15) is 4.39 Å². The van der Waals surface area contributed by atoms with Crippen LogP contribution < -0.4 is 0 Å². The quantitative estimate of drug-likeness (QED) is 0.822. The van der Waals surface area contributed by atoms with E-state index in [2.05, 4.69) is 10.00 Å². The van der Waals surface area contributed by atoms with E-state index in [-0.39, 0.29) is 11.4 Å². The van der Waals surface area contributed by atoms with Crippen LogP contribution in [-0.2, 0) is 16.0 Å². The van der Waals surface area contributed by atoms with Crippen LogP contribution in [0.25, 0.3) is 5.69 Å². The summed E-state index contributed by atoms with van der Waals surface area (Å²) in [6.45, 7) is 1.79. The number of hydrogen-bond donors (Lipinski definition) is 0. The molecular weight excluding hydrogens is 333 g/mol. The van der Waals surface area contributed by atoms with Gasteiger partial charge in [-0.1, -0.05) is 12.1 Å². The van der Waals surface area contributed by atoms with Crippen molar-refractivity contribution >= 4 is 0 Å². The average Bonchev–Trinajstić information content (AvgIpc) is 3.27.